The monoisotopic (exact) mass is 486 g/mol. The van der Waals surface area contributed by atoms with E-state index in [1.54, 1.807) is 0 Å². The van der Waals surface area contributed by atoms with E-state index in [1.165, 1.54) is 16.7 Å². The standard InChI is InChI=1S/C29H31ClN4O/c1-20-9-14-25(16-21(20)2)31-29(35)23-6-5-15-33(18-23)19-28-32-26-7-3-4-8-27(26)34(28)17-22-10-12-24(30)13-11-22/h3-4,7-14,16,23H,5-6,15,17-19H2,1-2H3,(H,31,35)/t23-/m0/s1. The van der Waals surface area contributed by atoms with Crippen LogP contribution in [0.5, 0.6) is 0 Å². The van der Waals surface area contributed by atoms with Crippen LogP contribution in [0, 0.1) is 19.8 Å². The van der Waals surface area contributed by atoms with Gasteiger partial charge >= 0.3 is 0 Å². The third kappa shape index (κ3) is 5.42. The summed E-state index contributed by atoms with van der Waals surface area (Å²) in [5, 5.41) is 3.88. The molecule has 6 heteroatoms. The second kappa shape index (κ2) is 10.2. The molecular weight excluding hydrogens is 456 g/mol. The van der Waals surface area contributed by atoms with Gasteiger partial charge in [-0.15, -0.1) is 0 Å². The Balaban J connectivity index is 1.32. The van der Waals surface area contributed by atoms with Gasteiger partial charge in [0.05, 0.1) is 23.5 Å². The first-order chi connectivity index (χ1) is 17.0. The van der Waals surface area contributed by atoms with Crippen LogP contribution >= 0.6 is 11.6 Å². The predicted octanol–water partition coefficient (Wildman–Crippen LogP) is 6.21. The van der Waals surface area contributed by atoms with Gasteiger partial charge in [-0.2, -0.15) is 0 Å². The van der Waals surface area contributed by atoms with Crippen LogP contribution in [-0.2, 0) is 17.9 Å². The van der Waals surface area contributed by atoms with Crippen molar-refractivity contribution in [2.45, 2.75) is 39.8 Å². The zero-order valence-electron chi connectivity index (χ0n) is 20.3. The summed E-state index contributed by atoms with van der Waals surface area (Å²) < 4.78 is 2.29. The highest BCUT2D eigenvalue weighted by molar-refractivity contribution is 6.30. The molecule has 1 fully saturated rings. The van der Waals surface area contributed by atoms with Crippen molar-refractivity contribution in [2.24, 2.45) is 5.92 Å². The zero-order valence-corrected chi connectivity index (χ0v) is 21.1. The number of rotatable bonds is 6. The lowest BCUT2D eigenvalue weighted by Gasteiger charge is -2.31. The number of likely N-dealkylation sites (tertiary alicyclic amines) is 1. The van der Waals surface area contributed by atoms with Crippen LogP contribution in [0.3, 0.4) is 0 Å². The van der Waals surface area contributed by atoms with Crippen LogP contribution < -0.4 is 5.32 Å². The van der Waals surface area contributed by atoms with Crippen LogP contribution in [0.2, 0.25) is 5.02 Å². The molecule has 0 radical (unpaired) electrons. The molecule has 1 atom stereocenters. The van der Waals surface area contributed by atoms with Gasteiger partial charge in [-0.05, 0) is 86.3 Å². The molecule has 1 aromatic heterocycles. The van der Waals surface area contributed by atoms with Gasteiger partial charge in [-0.25, -0.2) is 4.98 Å². The smallest absolute Gasteiger partial charge is 0.228 e. The first kappa shape index (κ1) is 23.6. The molecule has 0 unspecified atom stereocenters. The molecule has 4 aromatic rings. The number of hydrogen-bond acceptors (Lipinski definition) is 3. The van der Waals surface area contributed by atoms with Gasteiger partial charge in [0.2, 0.25) is 5.91 Å². The fourth-order valence-electron chi connectivity index (χ4n) is 4.87. The molecule has 3 aromatic carbocycles. The van der Waals surface area contributed by atoms with Crippen molar-refractivity contribution >= 4 is 34.2 Å². The summed E-state index contributed by atoms with van der Waals surface area (Å²) in [5.74, 6) is 1.10. The summed E-state index contributed by atoms with van der Waals surface area (Å²) in [5.41, 5.74) is 6.60. The average molecular weight is 487 g/mol. The van der Waals surface area contributed by atoms with Gasteiger partial charge in [0.1, 0.15) is 5.82 Å². The number of para-hydroxylation sites is 2. The molecule has 0 bridgehead atoms. The second-order valence-corrected chi connectivity index (χ2v) is 10.0. The maximum atomic E-state index is 13.1. The minimum absolute atomic E-state index is 0.0283. The fraction of sp³-hybridized carbons (Fsp3) is 0.310. The van der Waals surface area contributed by atoms with Crippen LogP contribution in [0.4, 0.5) is 5.69 Å². The lowest BCUT2D eigenvalue weighted by Crippen LogP contribution is -2.40. The molecule has 5 nitrogen and oxygen atoms in total. The maximum absolute atomic E-state index is 13.1. The molecule has 0 aliphatic carbocycles. The van der Waals surface area contributed by atoms with E-state index < -0.39 is 0 Å². The summed E-state index contributed by atoms with van der Waals surface area (Å²) >= 11 is 6.10. The molecule has 1 saturated heterocycles. The molecule has 35 heavy (non-hydrogen) atoms. The third-order valence-corrected chi connectivity index (χ3v) is 7.26. The van der Waals surface area contributed by atoms with Crippen molar-refractivity contribution in [3.63, 3.8) is 0 Å². The number of carbonyl (C=O) groups excluding carboxylic acids is 1. The summed E-state index contributed by atoms with van der Waals surface area (Å²) in [6.45, 7) is 7.31. The summed E-state index contributed by atoms with van der Waals surface area (Å²) in [7, 11) is 0. The quantitative estimate of drug-likeness (QED) is 0.352. The lowest BCUT2D eigenvalue weighted by molar-refractivity contribution is -0.121. The number of imidazole rings is 1. The highest BCUT2D eigenvalue weighted by atomic mass is 35.5. The minimum Gasteiger partial charge on any atom is -0.326 e. The molecule has 1 aliphatic rings. The Bertz CT molecular complexity index is 1340. The number of halogens is 1. The van der Waals surface area contributed by atoms with Crippen molar-refractivity contribution in [3.05, 3.63) is 94.3 Å². The fourth-order valence-corrected chi connectivity index (χ4v) is 5.00. The first-order valence-electron chi connectivity index (χ1n) is 12.3. The normalized spacial score (nSPS) is 16.5. The van der Waals surface area contributed by atoms with E-state index in [0.717, 1.165) is 66.6 Å². The van der Waals surface area contributed by atoms with E-state index in [-0.39, 0.29) is 11.8 Å². The van der Waals surface area contributed by atoms with Crippen LogP contribution in [-0.4, -0.2) is 33.4 Å². The topological polar surface area (TPSA) is 50.2 Å². The average Bonchev–Trinajstić information content (AvgIpc) is 3.19. The summed E-state index contributed by atoms with van der Waals surface area (Å²) in [6.07, 6.45) is 1.91. The highest BCUT2D eigenvalue weighted by Gasteiger charge is 2.27. The number of anilines is 1. The number of piperidine rings is 1. The number of nitrogens with zero attached hydrogens (tertiary/aromatic N) is 3. The lowest BCUT2D eigenvalue weighted by atomic mass is 9.97. The van der Waals surface area contributed by atoms with Crippen molar-refractivity contribution in [2.75, 3.05) is 18.4 Å². The molecule has 180 valence electrons. The number of benzene rings is 3. The number of nitrogens with one attached hydrogen (secondary N) is 1. The number of aryl methyl sites for hydroxylation is 2. The van der Waals surface area contributed by atoms with Crippen molar-refractivity contribution in [3.8, 4) is 0 Å². The summed E-state index contributed by atoms with van der Waals surface area (Å²) in [4.78, 5) is 20.4. The van der Waals surface area contributed by atoms with E-state index in [9.17, 15) is 4.79 Å². The van der Waals surface area contributed by atoms with E-state index >= 15 is 0 Å². The number of aromatic nitrogens is 2. The van der Waals surface area contributed by atoms with Gasteiger partial charge in [0.15, 0.2) is 0 Å². The Hall–Kier alpha value is -3.15. The largest absolute Gasteiger partial charge is 0.326 e. The Morgan fingerprint density at radius 3 is 2.63 bits per heavy atom. The molecule has 0 spiro atoms. The number of fused-ring (bicyclic) bond motifs is 1. The molecule has 2 heterocycles. The Labute approximate surface area is 211 Å². The molecule has 0 saturated carbocycles. The second-order valence-electron chi connectivity index (χ2n) is 9.59. The summed E-state index contributed by atoms with van der Waals surface area (Å²) in [6, 6.07) is 22.4. The Kier molecular flexibility index (Phi) is 6.89. The van der Waals surface area contributed by atoms with Gasteiger partial charge in [-0.3, -0.25) is 9.69 Å². The number of carbonyl (C=O) groups is 1. The highest BCUT2D eigenvalue weighted by Crippen LogP contribution is 2.24. The SMILES string of the molecule is Cc1ccc(NC(=O)[C@H]2CCCN(Cc3nc4ccccc4n3Cc3ccc(Cl)cc3)C2)cc1C. The van der Waals surface area contributed by atoms with Gasteiger partial charge < -0.3 is 9.88 Å². The maximum Gasteiger partial charge on any atom is 0.228 e. The third-order valence-electron chi connectivity index (χ3n) is 7.00. The van der Waals surface area contributed by atoms with Gasteiger partial charge in [0, 0.05) is 23.8 Å². The Morgan fingerprint density at radius 1 is 1.03 bits per heavy atom. The minimum atomic E-state index is -0.0283. The van der Waals surface area contributed by atoms with Crippen LogP contribution in [0.15, 0.2) is 66.7 Å². The zero-order chi connectivity index (χ0) is 24.4. The van der Waals surface area contributed by atoms with Crippen molar-refractivity contribution in [1.29, 1.82) is 0 Å². The molecular formula is C29H31ClN4O. The van der Waals surface area contributed by atoms with Crippen molar-refractivity contribution < 1.29 is 4.79 Å². The number of amides is 1. The molecule has 1 aliphatic heterocycles. The molecule has 5 rings (SSSR count). The van der Waals surface area contributed by atoms with Gasteiger partial charge in [0.25, 0.3) is 0 Å². The van der Waals surface area contributed by atoms with Crippen molar-refractivity contribution in [1.82, 2.24) is 14.5 Å². The number of hydrogen-bond donors (Lipinski definition) is 1. The Morgan fingerprint density at radius 2 is 1.83 bits per heavy atom. The molecule has 1 amide bonds. The molecule has 1 N–H and O–H groups in total. The van der Waals surface area contributed by atoms with E-state index in [1.807, 2.05) is 30.3 Å². The van der Waals surface area contributed by atoms with E-state index in [0.29, 0.717) is 0 Å². The van der Waals surface area contributed by atoms with E-state index in [4.69, 9.17) is 16.6 Å². The first-order valence-corrected chi connectivity index (χ1v) is 12.6. The van der Waals surface area contributed by atoms with Gasteiger partial charge in [-0.1, -0.05) is 41.9 Å². The predicted molar refractivity (Wildman–Crippen MR) is 143 cm³/mol. The van der Waals surface area contributed by atoms with E-state index in [2.05, 4.69) is 65.0 Å². The van der Waals surface area contributed by atoms with Crippen LogP contribution in [0.25, 0.3) is 11.0 Å². The van der Waals surface area contributed by atoms with Crippen LogP contribution in [0.1, 0.15) is 35.4 Å².